The number of halogens is 1. The molecule has 1 aromatic heterocycles. The molecule has 0 amide bonds. The summed E-state index contributed by atoms with van der Waals surface area (Å²) in [6.07, 6.45) is 0. The Morgan fingerprint density at radius 2 is 1.06 bits per heavy atom. The van der Waals surface area contributed by atoms with E-state index in [9.17, 15) is 0 Å². The van der Waals surface area contributed by atoms with E-state index in [-0.39, 0.29) is 0 Å². The zero-order valence-corrected chi connectivity index (χ0v) is 20.6. The van der Waals surface area contributed by atoms with E-state index >= 15 is 0 Å². The van der Waals surface area contributed by atoms with Gasteiger partial charge in [0.1, 0.15) is 18.1 Å². The molecule has 0 aliphatic rings. The number of anilines is 3. The fourth-order valence-corrected chi connectivity index (χ4v) is 4.64. The Kier molecular flexibility index (Phi) is 8.40. The molecule has 7 nitrogen and oxygen atoms in total. The molecule has 0 N–H and O–H groups in total. The zero-order chi connectivity index (χ0) is 25.4. The van der Waals surface area contributed by atoms with Crippen molar-refractivity contribution in [2.45, 2.75) is 6.54 Å². The van der Waals surface area contributed by atoms with E-state index in [1.54, 1.807) is 11.5 Å². The molecule has 0 fully saturated rings. The number of benzene rings is 4. The minimum absolute atomic E-state index is 0.778. The smallest absolute Gasteiger partial charge is 0.263 e. The van der Waals surface area contributed by atoms with Gasteiger partial charge in [-0.05, 0) is 46.9 Å². The summed E-state index contributed by atoms with van der Waals surface area (Å²) in [4.78, 5) is 7.36. The van der Waals surface area contributed by atoms with Crippen LogP contribution in [0.5, 0.6) is 0 Å². The first-order valence-electron chi connectivity index (χ1n) is 10.9. The second-order valence-electron chi connectivity index (χ2n) is 7.58. The highest BCUT2D eigenvalue weighted by Crippen LogP contribution is 2.36. The van der Waals surface area contributed by atoms with Gasteiger partial charge in [0.2, 0.25) is 0 Å². The summed E-state index contributed by atoms with van der Waals surface area (Å²) < 4.78 is 36.2. The second-order valence-corrected chi connectivity index (χ2v) is 9.33. The van der Waals surface area contributed by atoms with Gasteiger partial charge in [0.15, 0.2) is 0 Å². The summed E-state index contributed by atoms with van der Waals surface area (Å²) in [5.41, 5.74) is 4.55. The quantitative estimate of drug-likeness (QED) is 0.316. The van der Waals surface area contributed by atoms with Gasteiger partial charge in [-0.25, -0.2) is 18.6 Å². The van der Waals surface area contributed by atoms with Gasteiger partial charge < -0.3 is 0 Å². The van der Waals surface area contributed by atoms with Crippen molar-refractivity contribution in [1.29, 1.82) is 0 Å². The van der Waals surface area contributed by atoms with Crippen LogP contribution in [0.1, 0.15) is 5.56 Å². The molecular formula is C27H22ClN3O4S. The lowest BCUT2D eigenvalue weighted by Crippen LogP contribution is -2.68. The van der Waals surface area contributed by atoms with Gasteiger partial charge in [-0.1, -0.05) is 84.9 Å². The van der Waals surface area contributed by atoms with Crippen LogP contribution in [0.3, 0.4) is 0 Å². The van der Waals surface area contributed by atoms with Crippen molar-refractivity contribution in [2.75, 3.05) is 4.90 Å². The van der Waals surface area contributed by atoms with Gasteiger partial charge in [-0.15, -0.1) is 10.2 Å². The van der Waals surface area contributed by atoms with Crippen LogP contribution in [0, 0.1) is 10.2 Å². The lowest BCUT2D eigenvalue weighted by molar-refractivity contribution is -2.00. The topological polar surface area (TPSA) is 112 Å². The lowest BCUT2D eigenvalue weighted by atomic mass is 10.2. The number of rotatable bonds is 6. The summed E-state index contributed by atoms with van der Waals surface area (Å²) in [6, 6.07) is 41.8. The van der Waals surface area contributed by atoms with Crippen LogP contribution in [0.25, 0.3) is 11.4 Å². The molecule has 4 aromatic carbocycles. The molecule has 182 valence electrons. The monoisotopic (exact) mass is 519 g/mol. The minimum atomic E-state index is -4.94. The van der Waals surface area contributed by atoms with Crippen LogP contribution in [0.15, 0.2) is 121 Å². The van der Waals surface area contributed by atoms with Crippen LogP contribution in [0.4, 0.5) is 16.5 Å². The fourth-order valence-electron chi connectivity index (χ4n) is 3.58. The Balaban J connectivity index is 0.000000556. The first kappa shape index (κ1) is 25.5. The molecule has 0 radical (unpaired) electrons. The van der Waals surface area contributed by atoms with E-state index in [1.165, 1.54) is 5.56 Å². The van der Waals surface area contributed by atoms with Gasteiger partial charge >= 0.3 is 11.0 Å². The molecule has 36 heavy (non-hydrogen) atoms. The molecule has 1 heterocycles. The summed E-state index contributed by atoms with van der Waals surface area (Å²) in [5.74, 6) is 0.973. The van der Waals surface area contributed by atoms with Crippen LogP contribution in [-0.4, -0.2) is 4.98 Å². The highest BCUT2D eigenvalue weighted by atomic mass is 35.7. The third kappa shape index (κ3) is 7.19. The van der Waals surface area contributed by atoms with Gasteiger partial charge in [0.25, 0.3) is 0 Å². The van der Waals surface area contributed by atoms with E-state index in [0.29, 0.717) is 0 Å². The third-order valence-corrected chi connectivity index (χ3v) is 6.01. The normalized spacial score (nSPS) is 10.9. The first-order valence-corrected chi connectivity index (χ1v) is 12.9. The summed E-state index contributed by atoms with van der Waals surface area (Å²) in [5, 5.41) is 0.937. The summed E-state index contributed by atoms with van der Waals surface area (Å²) in [6.45, 7) is 0.778. The van der Waals surface area contributed by atoms with Crippen molar-refractivity contribution < 1.29 is 32.8 Å². The molecule has 9 heteroatoms. The average molecular weight is 520 g/mol. The standard InChI is InChI=1S/C27H22N3S.ClHO4/c1-5-13-22(14-6-1)21-29-26(23-15-7-2-8-16-23)28-27(31-29)30(24-17-9-3-10-18-24)25-19-11-4-12-20-25;2-1(3,4)5/h1-20H,21H2;(H,2,3,4,5)/q+1;/p-1. The van der Waals surface area contributed by atoms with Gasteiger partial charge in [0, 0.05) is 0 Å². The van der Waals surface area contributed by atoms with E-state index in [4.69, 9.17) is 23.6 Å². The Morgan fingerprint density at radius 3 is 1.53 bits per heavy atom. The van der Waals surface area contributed by atoms with E-state index in [0.717, 1.165) is 34.4 Å². The molecule has 5 aromatic rings. The Morgan fingerprint density at radius 1 is 0.639 bits per heavy atom. The van der Waals surface area contributed by atoms with Crippen molar-refractivity contribution >= 4 is 28.0 Å². The third-order valence-electron chi connectivity index (χ3n) is 5.05. The molecular weight excluding hydrogens is 498 g/mol. The molecule has 0 unspecified atom stereocenters. The van der Waals surface area contributed by atoms with Crippen molar-refractivity contribution in [3.8, 4) is 11.4 Å². The molecule has 0 aliphatic heterocycles. The van der Waals surface area contributed by atoms with Crippen LogP contribution in [0.2, 0.25) is 0 Å². The molecule has 0 spiro atoms. The number of hydrogen-bond acceptors (Lipinski definition) is 7. The average Bonchev–Trinajstić information content (AvgIpc) is 3.29. The van der Waals surface area contributed by atoms with Crippen molar-refractivity contribution in [3.05, 3.63) is 127 Å². The van der Waals surface area contributed by atoms with Crippen molar-refractivity contribution in [3.63, 3.8) is 0 Å². The Bertz CT molecular complexity index is 1300. The minimum Gasteiger partial charge on any atom is -0.263 e. The van der Waals surface area contributed by atoms with Crippen LogP contribution in [-0.2, 0) is 6.54 Å². The largest absolute Gasteiger partial charge is 0.346 e. The van der Waals surface area contributed by atoms with E-state index < -0.39 is 10.2 Å². The second kappa shape index (κ2) is 11.9. The van der Waals surface area contributed by atoms with E-state index in [1.807, 2.05) is 18.2 Å². The maximum Gasteiger partial charge on any atom is 0.346 e. The number of para-hydroxylation sites is 2. The number of hydrogen-bond donors (Lipinski definition) is 0. The van der Waals surface area contributed by atoms with Gasteiger partial charge in [0.05, 0.1) is 16.9 Å². The molecule has 0 saturated carbocycles. The highest BCUT2D eigenvalue weighted by Gasteiger charge is 2.28. The van der Waals surface area contributed by atoms with E-state index in [2.05, 4.69) is 112 Å². The molecule has 0 atom stereocenters. The molecule has 0 aliphatic carbocycles. The van der Waals surface area contributed by atoms with Crippen molar-refractivity contribution in [1.82, 2.24) is 4.98 Å². The first-order chi connectivity index (χ1) is 17.4. The van der Waals surface area contributed by atoms with Crippen molar-refractivity contribution in [2.24, 2.45) is 0 Å². The SMILES string of the molecule is [O-][Cl+3]([O-])([O-])[O-].c1ccc(C[n+]2sc(N(c3ccccc3)c3ccccc3)nc2-c2ccccc2)cc1. The summed E-state index contributed by atoms with van der Waals surface area (Å²) in [7, 11) is -4.94. The maximum absolute atomic E-state index is 8.49. The zero-order valence-electron chi connectivity index (χ0n) is 19.0. The lowest BCUT2D eigenvalue weighted by Gasteiger charge is -2.18. The van der Waals surface area contributed by atoms with Crippen LogP contribution < -0.4 is 27.5 Å². The molecule has 0 bridgehead atoms. The Hall–Kier alpha value is -3.63. The predicted octanol–water partition coefficient (Wildman–Crippen LogP) is 1.86. The molecule has 5 rings (SSSR count). The fraction of sp³-hybridized carbons (Fsp3) is 0.0370. The number of aromatic nitrogens is 2. The maximum atomic E-state index is 8.49. The summed E-state index contributed by atoms with van der Waals surface area (Å²) >= 11 is 1.68. The van der Waals surface area contributed by atoms with Gasteiger partial charge in [-0.3, -0.25) is 4.90 Å². The van der Waals surface area contributed by atoms with Crippen LogP contribution >= 0.6 is 11.5 Å². The highest BCUT2D eigenvalue weighted by molar-refractivity contribution is 7.06. The molecule has 0 saturated heterocycles. The Labute approximate surface area is 215 Å². The predicted molar refractivity (Wildman–Crippen MR) is 128 cm³/mol. The van der Waals surface area contributed by atoms with Gasteiger partial charge in [-0.2, -0.15) is 3.96 Å². The number of nitrogens with zero attached hydrogens (tertiary/aromatic N) is 3.